The predicted octanol–water partition coefficient (Wildman–Crippen LogP) is 4.93. The van der Waals surface area contributed by atoms with Crippen LogP contribution in [0.1, 0.15) is 31.9 Å². The van der Waals surface area contributed by atoms with Gasteiger partial charge in [0.1, 0.15) is 11.4 Å². The topological polar surface area (TPSA) is 49.8 Å². The molecule has 2 aromatic carbocycles. The molecule has 24 heavy (non-hydrogen) atoms. The summed E-state index contributed by atoms with van der Waals surface area (Å²) in [5.41, 5.74) is 2.27. The van der Waals surface area contributed by atoms with E-state index < -0.39 is 5.60 Å². The fourth-order valence-electron chi connectivity index (χ4n) is 2.02. The van der Waals surface area contributed by atoms with Gasteiger partial charge in [-0.15, -0.1) is 0 Å². The summed E-state index contributed by atoms with van der Waals surface area (Å²) in [6.45, 7) is 5.53. The molecule has 0 aliphatic rings. The van der Waals surface area contributed by atoms with Crippen molar-refractivity contribution in [2.45, 2.75) is 26.4 Å². The molecule has 0 atom stereocenters. The molecule has 4 heteroatoms. The van der Waals surface area contributed by atoms with Crippen molar-refractivity contribution in [3.8, 4) is 5.75 Å². The summed E-state index contributed by atoms with van der Waals surface area (Å²) in [5, 5.41) is 9.27. The monoisotopic (exact) mass is 325 g/mol. The molecule has 0 saturated heterocycles. The van der Waals surface area contributed by atoms with Crippen molar-refractivity contribution in [1.29, 1.82) is 0 Å². The highest BCUT2D eigenvalue weighted by Crippen LogP contribution is 2.19. The van der Waals surface area contributed by atoms with E-state index in [0.717, 1.165) is 16.8 Å². The van der Waals surface area contributed by atoms with Gasteiger partial charge in [-0.05, 0) is 56.2 Å². The van der Waals surface area contributed by atoms with Gasteiger partial charge < -0.3 is 9.84 Å². The van der Waals surface area contributed by atoms with Crippen LogP contribution in [0.4, 0.5) is 10.5 Å². The van der Waals surface area contributed by atoms with Gasteiger partial charge in [-0.1, -0.05) is 36.4 Å². The maximum Gasteiger partial charge on any atom is 0.414 e. The molecule has 0 bridgehead atoms. The molecule has 4 nitrogen and oxygen atoms in total. The molecular formula is C20H23NO3. The van der Waals surface area contributed by atoms with Crippen LogP contribution < -0.4 is 4.90 Å². The Bertz CT molecular complexity index is 710. The number of benzene rings is 2. The third-order valence-corrected chi connectivity index (χ3v) is 3.31. The molecule has 0 unspecified atom stereocenters. The lowest BCUT2D eigenvalue weighted by Crippen LogP contribution is -2.34. The van der Waals surface area contributed by atoms with Crippen molar-refractivity contribution in [3.63, 3.8) is 0 Å². The lowest BCUT2D eigenvalue weighted by Gasteiger charge is -2.24. The van der Waals surface area contributed by atoms with E-state index in [4.69, 9.17) is 4.74 Å². The zero-order valence-corrected chi connectivity index (χ0v) is 14.5. The van der Waals surface area contributed by atoms with Crippen LogP contribution in [0.15, 0.2) is 48.5 Å². The Balaban J connectivity index is 2.04. The van der Waals surface area contributed by atoms with Crippen LogP contribution in [0.5, 0.6) is 5.75 Å². The first-order valence-electron chi connectivity index (χ1n) is 7.78. The van der Waals surface area contributed by atoms with E-state index in [0.29, 0.717) is 0 Å². The van der Waals surface area contributed by atoms with Gasteiger partial charge >= 0.3 is 6.09 Å². The summed E-state index contributed by atoms with van der Waals surface area (Å²) in [6.07, 6.45) is 3.56. The number of phenols is 1. The number of rotatable bonds is 3. The number of nitrogens with zero attached hydrogens (tertiary/aromatic N) is 1. The van der Waals surface area contributed by atoms with Gasteiger partial charge in [0.2, 0.25) is 0 Å². The Labute approximate surface area is 143 Å². The third-order valence-electron chi connectivity index (χ3n) is 3.31. The van der Waals surface area contributed by atoms with Crippen LogP contribution in [-0.2, 0) is 4.74 Å². The molecule has 0 aliphatic carbocycles. The minimum absolute atomic E-state index is 0.252. The molecule has 1 N–H and O–H groups in total. The average Bonchev–Trinajstić information content (AvgIpc) is 2.52. The minimum atomic E-state index is -0.516. The van der Waals surface area contributed by atoms with Gasteiger partial charge in [0.05, 0.1) is 0 Å². The second kappa shape index (κ2) is 7.21. The molecule has 126 valence electrons. The molecule has 1 amide bonds. The SMILES string of the molecule is CN(C(=O)OC(C)(C)C)c1ccc(/C=C/c2ccc(O)cc2)cc1. The highest BCUT2D eigenvalue weighted by atomic mass is 16.6. The van der Waals surface area contributed by atoms with E-state index in [-0.39, 0.29) is 11.8 Å². The second-order valence-corrected chi connectivity index (χ2v) is 6.56. The minimum Gasteiger partial charge on any atom is -0.508 e. The summed E-state index contributed by atoms with van der Waals surface area (Å²) in [4.78, 5) is 13.5. The third kappa shape index (κ3) is 5.16. The molecule has 2 aromatic rings. The molecule has 0 aromatic heterocycles. The Hall–Kier alpha value is -2.75. The van der Waals surface area contributed by atoms with Gasteiger partial charge in [-0.25, -0.2) is 4.79 Å². The number of hydrogen-bond acceptors (Lipinski definition) is 3. The highest BCUT2D eigenvalue weighted by Gasteiger charge is 2.20. The number of phenolic OH excluding ortho intramolecular Hbond substituents is 1. The van der Waals surface area contributed by atoms with Crippen LogP contribution in [0.25, 0.3) is 12.2 Å². The maximum absolute atomic E-state index is 12.1. The number of anilines is 1. The first-order valence-corrected chi connectivity index (χ1v) is 7.78. The summed E-state index contributed by atoms with van der Waals surface area (Å²) in [7, 11) is 1.69. The van der Waals surface area contributed by atoms with E-state index in [1.807, 2.05) is 69.3 Å². The molecule has 0 radical (unpaired) electrons. The zero-order chi connectivity index (χ0) is 17.7. The van der Waals surface area contributed by atoms with Crippen LogP contribution >= 0.6 is 0 Å². The summed E-state index contributed by atoms with van der Waals surface area (Å²) in [5.74, 6) is 0.252. The predicted molar refractivity (Wildman–Crippen MR) is 98.1 cm³/mol. The van der Waals surface area contributed by atoms with E-state index in [1.54, 1.807) is 19.2 Å². The number of aromatic hydroxyl groups is 1. The zero-order valence-electron chi connectivity index (χ0n) is 14.5. The Morgan fingerprint density at radius 1 is 0.958 bits per heavy atom. The lowest BCUT2D eigenvalue weighted by molar-refractivity contribution is 0.0589. The Kier molecular flexibility index (Phi) is 5.29. The van der Waals surface area contributed by atoms with E-state index in [1.165, 1.54) is 4.90 Å². The van der Waals surface area contributed by atoms with Gasteiger partial charge in [0.15, 0.2) is 0 Å². The normalized spacial score (nSPS) is 11.5. The number of hydrogen-bond donors (Lipinski definition) is 1. The molecular weight excluding hydrogens is 302 g/mol. The first-order chi connectivity index (χ1) is 11.2. The number of carbonyl (C=O) groups excluding carboxylic acids is 1. The summed E-state index contributed by atoms with van der Waals surface area (Å²) >= 11 is 0. The highest BCUT2D eigenvalue weighted by molar-refractivity contribution is 5.87. The number of ether oxygens (including phenoxy) is 1. The molecule has 0 fully saturated rings. The van der Waals surface area contributed by atoms with Crippen LogP contribution in [0, 0.1) is 0 Å². The van der Waals surface area contributed by atoms with Crippen molar-refractivity contribution >= 4 is 23.9 Å². The Morgan fingerprint density at radius 3 is 1.88 bits per heavy atom. The smallest absolute Gasteiger partial charge is 0.414 e. The molecule has 0 aliphatic heterocycles. The van der Waals surface area contributed by atoms with Crippen molar-refractivity contribution in [2.24, 2.45) is 0 Å². The van der Waals surface area contributed by atoms with Gasteiger partial charge in [-0.3, -0.25) is 4.90 Å². The molecule has 2 rings (SSSR count). The van der Waals surface area contributed by atoms with Crippen molar-refractivity contribution in [2.75, 3.05) is 11.9 Å². The van der Waals surface area contributed by atoms with Gasteiger partial charge in [0, 0.05) is 12.7 Å². The van der Waals surface area contributed by atoms with E-state index >= 15 is 0 Å². The van der Waals surface area contributed by atoms with Crippen molar-refractivity contribution < 1.29 is 14.6 Å². The second-order valence-electron chi connectivity index (χ2n) is 6.56. The quantitative estimate of drug-likeness (QED) is 0.814. The summed E-state index contributed by atoms with van der Waals surface area (Å²) in [6, 6.07) is 14.6. The van der Waals surface area contributed by atoms with Crippen molar-refractivity contribution in [1.82, 2.24) is 0 Å². The average molecular weight is 325 g/mol. The van der Waals surface area contributed by atoms with Crippen molar-refractivity contribution in [3.05, 3.63) is 59.7 Å². The largest absolute Gasteiger partial charge is 0.508 e. The van der Waals surface area contributed by atoms with Crippen LogP contribution in [-0.4, -0.2) is 23.8 Å². The molecule has 0 saturated carbocycles. The first kappa shape index (κ1) is 17.6. The van der Waals surface area contributed by atoms with E-state index in [9.17, 15) is 9.90 Å². The van der Waals surface area contributed by atoms with Gasteiger partial charge in [0.25, 0.3) is 0 Å². The van der Waals surface area contributed by atoms with Crippen LogP contribution in [0.3, 0.4) is 0 Å². The van der Waals surface area contributed by atoms with E-state index in [2.05, 4.69) is 0 Å². The fraction of sp³-hybridized carbons (Fsp3) is 0.250. The maximum atomic E-state index is 12.1. The Morgan fingerprint density at radius 2 is 1.42 bits per heavy atom. The summed E-state index contributed by atoms with van der Waals surface area (Å²) < 4.78 is 5.35. The van der Waals surface area contributed by atoms with Gasteiger partial charge in [-0.2, -0.15) is 0 Å². The number of amides is 1. The fourth-order valence-corrected chi connectivity index (χ4v) is 2.02. The number of carbonyl (C=O) groups is 1. The van der Waals surface area contributed by atoms with Crippen LogP contribution in [0.2, 0.25) is 0 Å². The lowest BCUT2D eigenvalue weighted by atomic mass is 10.1. The molecule has 0 spiro atoms. The standard InChI is InChI=1S/C20H23NO3/c1-20(2,3)24-19(23)21(4)17-11-7-15(8-12-17)5-6-16-9-13-18(22)14-10-16/h5-14,22H,1-4H3/b6-5+. The molecule has 0 heterocycles.